The number of nitrogens with zero attached hydrogens (tertiary/aromatic N) is 3. The Morgan fingerprint density at radius 2 is 2.10 bits per heavy atom. The number of methoxy groups -OCH3 is 1. The Labute approximate surface area is 127 Å². The van der Waals surface area contributed by atoms with Crippen molar-refractivity contribution < 1.29 is 4.74 Å². The van der Waals surface area contributed by atoms with Crippen LogP contribution in [-0.2, 0) is 5.88 Å². The lowest BCUT2D eigenvalue weighted by Gasteiger charge is -2.12. The minimum Gasteiger partial charge on any atom is -0.495 e. The van der Waals surface area contributed by atoms with Gasteiger partial charge in [-0.1, -0.05) is 12.1 Å². The van der Waals surface area contributed by atoms with Gasteiger partial charge in [-0.15, -0.1) is 11.6 Å². The summed E-state index contributed by atoms with van der Waals surface area (Å²) in [5, 5.41) is 9.01. The molecule has 1 aromatic heterocycles. The van der Waals surface area contributed by atoms with Crippen molar-refractivity contribution >= 4 is 22.6 Å². The van der Waals surface area contributed by atoms with E-state index in [9.17, 15) is 0 Å². The zero-order chi connectivity index (χ0) is 14.8. The van der Waals surface area contributed by atoms with E-state index in [4.69, 9.17) is 21.6 Å². The number of aromatic nitrogens is 2. The van der Waals surface area contributed by atoms with E-state index in [0.717, 1.165) is 22.5 Å². The molecule has 21 heavy (non-hydrogen) atoms. The number of ether oxygens (including phenoxy) is 1. The molecule has 0 spiro atoms. The molecule has 0 bridgehead atoms. The van der Waals surface area contributed by atoms with Crippen molar-refractivity contribution in [3.05, 3.63) is 53.9 Å². The second-order valence-electron chi connectivity index (χ2n) is 4.48. The van der Waals surface area contributed by atoms with Crippen LogP contribution >= 0.6 is 11.6 Å². The first kappa shape index (κ1) is 13.5. The van der Waals surface area contributed by atoms with Crippen molar-refractivity contribution in [2.45, 2.75) is 5.88 Å². The molecule has 0 aliphatic rings. The monoisotopic (exact) mass is 297 g/mol. The minimum absolute atomic E-state index is 0.290. The summed E-state index contributed by atoms with van der Waals surface area (Å²) < 4.78 is 7.38. The molecule has 0 aliphatic carbocycles. The number of alkyl halides is 1. The zero-order valence-electron chi connectivity index (χ0n) is 11.4. The molecule has 0 radical (unpaired) electrons. The van der Waals surface area contributed by atoms with Gasteiger partial charge in [-0.25, -0.2) is 4.98 Å². The van der Waals surface area contributed by atoms with Crippen molar-refractivity contribution in [1.82, 2.24) is 9.55 Å². The summed E-state index contributed by atoms with van der Waals surface area (Å²) in [7, 11) is 1.58. The average molecular weight is 298 g/mol. The SMILES string of the molecule is COc1cc(C#N)ccc1-n1c(CCl)nc2ccccc21. The molecule has 0 aliphatic heterocycles. The van der Waals surface area contributed by atoms with Crippen LogP contribution in [0.15, 0.2) is 42.5 Å². The van der Waals surface area contributed by atoms with E-state index in [1.807, 2.05) is 34.9 Å². The Hall–Kier alpha value is -2.51. The molecular weight excluding hydrogens is 286 g/mol. The van der Waals surface area contributed by atoms with Crippen LogP contribution < -0.4 is 4.74 Å². The summed E-state index contributed by atoms with van der Waals surface area (Å²) in [5.41, 5.74) is 3.20. The van der Waals surface area contributed by atoms with E-state index >= 15 is 0 Å². The van der Waals surface area contributed by atoms with Gasteiger partial charge in [0.15, 0.2) is 0 Å². The Kier molecular flexibility index (Phi) is 3.51. The van der Waals surface area contributed by atoms with Gasteiger partial charge in [-0.3, -0.25) is 4.57 Å². The van der Waals surface area contributed by atoms with Crippen LogP contribution in [0.3, 0.4) is 0 Å². The molecule has 0 atom stereocenters. The van der Waals surface area contributed by atoms with E-state index in [1.165, 1.54) is 0 Å². The van der Waals surface area contributed by atoms with Gasteiger partial charge in [0.05, 0.1) is 41.3 Å². The third-order valence-corrected chi connectivity index (χ3v) is 3.54. The first-order valence-electron chi connectivity index (χ1n) is 6.39. The first-order valence-corrected chi connectivity index (χ1v) is 6.92. The quantitative estimate of drug-likeness (QED) is 0.693. The van der Waals surface area contributed by atoms with Gasteiger partial charge in [0.1, 0.15) is 11.6 Å². The Balaban J connectivity index is 2.32. The van der Waals surface area contributed by atoms with Crippen molar-refractivity contribution in [1.29, 1.82) is 5.26 Å². The number of halogens is 1. The lowest BCUT2D eigenvalue weighted by molar-refractivity contribution is 0.413. The van der Waals surface area contributed by atoms with E-state index < -0.39 is 0 Å². The van der Waals surface area contributed by atoms with Crippen LogP contribution in [0.1, 0.15) is 11.4 Å². The largest absolute Gasteiger partial charge is 0.495 e. The number of para-hydroxylation sites is 2. The maximum atomic E-state index is 9.01. The molecule has 0 unspecified atom stereocenters. The van der Waals surface area contributed by atoms with E-state index in [-0.39, 0.29) is 5.88 Å². The van der Waals surface area contributed by atoms with Gasteiger partial charge in [0.25, 0.3) is 0 Å². The highest BCUT2D eigenvalue weighted by atomic mass is 35.5. The molecule has 3 aromatic rings. The van der Waals surface area contributed by atoms with Crippen molar-refractivity contribution in [2.24, 2.45) is 0 Å². The summed E-state index contributed by atoms with van der Waals surface area (Å²) in [6, 6.07) is 15.2. The highest BCUT2D eigenvalue weighted by molar-refractivity contribution is 6.17. The molecule has 3 rings (SSSR count). The molecular formula is C16H12ClN3O. The minimum atomic E-state index is 0.290. The molecule has 4 nitrogen and oxygen atoms in total. The molecule has 5 heteroatoms. The molecule has 104 valence electrons. The molecule has 0 amide bonds. The number of hydrogen-bond acceptors (Lipinski definition) is 3. The smallest absolute Gasteiger partial charge is 0.144 e. The lowest BCUT2D eigenvalue weighted by atomic mass is 10.2. The van der Waals surface area contributed by atoms with Crippen LogP contribution in [0.5, 0.6) is 5.75 Å². The second-order valence-corrected chi connectivity index (χ2v) is 4.75. The van der Waals surface area contributed by atoms with Crippen molar-refractivity contribution in [3.8, 4) is 17.5 Å². The fraction of sp³-hybridized carbons (Fsp3) is 0.125. The maximum Gasteiger partial charge on any atom is 0.144 e. The fourth-order valence-corrected chi connectivity index (χ4v) is 2.55. The number of hydrogen-bond donors (Lipinski definition) is 0. The van der Waals surface area contributed by atoms with Crippen molar-refractivity contribution in [2.75, 3.05) is 7.11 Å². The molecule has 1 heterocycles. The predicted molar refractivity (Wildman–Crippen MR) is 81.9 cm³/mol. The van der Waals surface area contributed by atoms with Gasteiger partial charge in [-0.2, -0.15) is 5.26 Å². The first-order chi connectivity index (χ1) is 10.3. The fourth-order valence-electron chi connectivity index (χ4n) is 2.37. The molecule has 0 fully saturated rings. The zero-order valence-corrected chi connectivity index (χ0v) is 12.1. The number of nitriles is 1. The molecule has 0 N–H and O–H groups in total. The Morgan fingerprint density at radius 3 is 2.81 bits per heavy atom. The number of benzene rings is 2. The summed E-state index contributed by atoms with van der Waals surface area (Å²) in [5.74, 6) is 1.64. The van der Waals surface area contributed by atoms with Crippen LogP contribution in [0, 0.1) is 11.3 Å². The van der Waals surface area contributed by atoms with Gasteiger partial charge in [0, 0.05) is 6.07 Å². The summed E-state index contributed by atoms with van der Waals surface area (Å²) in [6.07, 6.45) is 0. The van der Waals surface area contributed by atoms with Crippen LogP contribution in [0.4, 0.5) is 0 Å². The maximum absolute atomic E-state index is 9.01. The number of imidazole rings is 1. The highest BCUT2D eigenvalue weighted by Crippen LogP contribution is 2.29. The standard InChI is InChI=1S/C16H12ClN3O/c1-21-15-8-11(10-18)6-7-14(15)20-13-5-3-2-4-12(13)19-16(20)9-17/h2-8H,9H2,1H3. The molecule has 2 aromatic carbocycles. The topological polar surface area (TPSA) is 50.8 Å². The molecule has 0 saturated heterocycles. The highest BCUT2D eigenvalue weighted by Gasteiger charge is 2.15. The second kappa shape index (κ2) is 5.47. The normalized spacial score (nSPS) is 10.5. The third-order valence-electron chi connectivity index (χ3n) is 3.30. The van der Waals surface area contributed by atoms with Gasteiger partial charge >= 0.3 is 0 Å². The van der Waals surface area contributed by atoms with Crippen LogP contribution in [0.2, 0.25) is 0 Å². The molecule has 0 saturated carbocycles. The van der Waals surface area contributed by atoms with Gasteiger partial charge in [-0.05, 0) is 24.3 Å². The Morgan fingerprint density at radius 1 is 1.29 bits per heavy atom. The van der Waals surface area contributed by atoms with E-state index in [2.05, 4.69) is 11.1 Å². The van der Waals surface area contributed by atoms with Gasteiger partial charge in [0.2, 0.25) is 0 Å². The lowest BCUT2D eigenvalue weighted by Crippen LogP contribution is -2.02. The van der Waals surface area contributed by atoms with Crippen LogP contribution in [-0.4, -0.2) is 16.7 Å². The van der Waals surface area contributed by atoms with E-state index in [0.29, 0.717) is 11.3 Å². The Bertz CT molecular complexity index is 848. The van der Waals surface area contributed by atoms with E-state index in [1.54, 1.807) is 19.2 Å². The summed E-state index contributed by atoms with van der Waals surface area (Å²) >= 11 is 6.03. The average Bonchev–Trinajstić information content (AvgIpc) is 2.92. The van der Waals surface area contributed by atoms with Crippen LogP contribution in [0.25, 0.3) is 16.7 Å². The summed E-state index contributed by atoms with van der Waals surface area (Å²) in [4.78, 5) is 4.54. The predicted octanol–water partition coefficient (Wildman–Crippen LogP) is 3.64. The third kappa shape index (κ3) is 2.22. The summed E-state index contributed by atoms with van der Waals surface area (Å²) in [6.45, 7) is 0. The number of fused-ring (bicyclic) bond motifs is 1. The number of rotatable bonds is 3. The van der Waals surface area contributed by atoms with Crippen molar-refractivity contribution in [3.63, 3.8) is 0 Å². The van der Waals surface area contributed by atoms with Gasteiger partial charge < -0.3 is 4.74 Å².